The van der Waals surface area contributed by atoms with Crippen molar-refractivity contribution in [2.75, 3.05) is 0 Å². The number of amides is 1. The summed E-state index contributed by atoms with van der Waals surface area (Å²) in [5.41, 5.74) is 8.87. The van der Waals surface area contributed by atoms with Gasteiger partial charge < -0.3 is 5.73 Å². The van der Waals surface area contributed by atoms with Crippen molar-refractivity contribution in [3.05, 3.63) is 40.3 Å². The molecule has 0 aromatic carbocycles. The maximum atomic E-state index is 11.0. The monoisotopic (exact) mass is 218 g/mol. The summed E-state index contributed by atoms with van der Waals surface area (Å²) >= 11 is 1.63. The van der Waals surface area contributed by atoms with Crippen molar-refractivity contribution in [3.8, 4) is 11.1 Å². The topological polar surface area (TPSA) is 56.0 Å². The SMILES string of the molecule is Cc1cscc1-c1cncc(C(N)=O)c1. The number of aryl methyl sites for hydroxylation is 1. The van der Waals surface area contributed by atoms with Crippen molar-refractivity contribution in [1.29, 1.82) is 0 Å². The minimum Gasteiger partial charge on any atom is -0.366 e. The Morgan fingerprint density at radius 1 is 1.40 bits per heavy atom. The van der Waals surface area contributed by atoms with E-state index in [1.54, 1.807) is 23.6 Å². The van der Waals surface area contributed by atoms with E-state index in [1.165, 1.54) is 11.8 Å². The number of primary amides is 1. The van der Waals surface area contributed by atoms with Gasteiger partial charge in [-0.1, -0.05) is 0 Å². The number of rotatable bonds is 2. The average Bonchev–Trinajstić information content (AvgIpc) is 2.64. The van der Waals surface area contributed by atoms with Gasteiger partial charge in [-0.25, -0.2) is 0 Å². The van der Waals surface area contributed by atoms with Crippen LogP contribution in [0, 0.1) is 6.92 Å². The molecule has 0 radical (unpaired) electrons. The highest BCUT2D eigenvalue weighted by Crippen LogP contribution is 2.26. The normalized spacial score (nSPS) is 10.2. The molecule has 0 atom stereocenters. The molecule has 2 N–H and O–H groups in total. The zero-order chi connectivity index (χ0) is 10.8. The third kappa shape index (κ3) is 1.89. The van der Waals surface area contributed by atoms with E-state index in [4.69, 9.17) is 5.73 Å². The van der Waals surface area contributed by atoms with Gasteiger partial charge in [0.15, 0.2) is 0 Å². The molecule has 0 fully saturated rings. The molecule has 2 heterocycles. The number of carbonyl (C=O) groups is 1. The van der Waals surface area contributed by atoms with Crippen LogP contribution in [0.1, 0.15) is 15.9 Å². The van der Waals surface area contributed by atoms with E-state index in [1.807, 2.05) is 12.3 Å². The van der Waals surface area contributed by atoms with E-state index in [0.717, 1.165) is 11.1 Å². The van der Waals surface area contributed by atoms with Gasteiger partial charge in [-0.05, 0) is 34.9 Å². The molecule has 0 saturated heterocycles. The molecule has 0 aliphatic rings. The van der Waals surface area contributed by atoms with E-state index >= 15 is 0 Å². The lowest BCUT2D eigenvalue weighted by molar-refractivity contribution is 0.1000. The number of carbonyl (C=O) groups excluding carboxylic acids is 1. The van der Waals surface area contributed by atoms with Crippen molar-refractivity contribution in [3.63, 3.8) is 0 Å². The number of hydrogen-bond acceptors (Lipinski definition) is 3. The van der Waals surface area contributed by atoms with Crippen LogP contribution in [0.3, 0.4) is 0 Å². The average molecular weight is 218 g/mol. The van der Waals surface area contributed by atoms with Crippen LogP contribution < -0.4 is 5.73 Å². The van der Waals surface area contributed by atoms with Crippen LogP contribution in [0.4, 0.5) is 0 Å². The van der Waals surface area contributed by atoms with Crippen molar-refractivity contribution in [2.45, 2.75) is 6.92 Å². The Bertz CT molecular complexity index is 505. The molecule has 2 rings (SSSR count). The molecule has 0 unspecified atom stereocenters. The van der Waals surface area contributed by atoms with Crippen molar-refractivity contribution >= 4 is 17.2 Å². The van der Waals surface area contributed by atoms with Gasteiger partial charge in [0, 0.05) is 18.0 Å². The van der Waals surface area contributed by atoms with Crippen molar-refractivity contribution in [1.82, 2.24) is 4.98 Å². The fourth-order valence-corrected chi connectivity index (χ4v) is 2.24. The van der Waals surface area contributed by atoms with Gasteiger partial charge >= 0.3 is 0 Å². The Labute approximate surface area is 91.6 Å². The van der Waals surface area contributed by atoms with Gasteiger partial charge in [0.2, 0.25) is 5.91 Å². The van der Waals surface area contributed by atoms with Gasteiger partial charge in [0.05, 0.1) is 5.56 Å². The molecule has 76 valence electrons. The van der Waals surface area contributed by atoms with Crippen LogP contribution in [0.5, 0.6) is 0 Å². The second-order valence-electron chi connectivity index (χ2n) is 3.30. The summed E-state index contributed by atoms with van der Waals surface area (Å²) in [6.07, 6.45) is 3.22. The molecule has 0 aliphatic heterocycles. The van der Waals surface area contributed by atoms with E-state index in [2.05, 4.69) is 10.4 Å². The molecular formula is C11H10N2OS. The summed E-state index contributed by atoms with van der Waals surface area (Å²) in [4.78, 5) is 15.0. The zero-order valence-corrected chi connectivity index (χ0v) is 9.04. The molecule has 0 saturated carbocycles. The first kappa shape index (κ1) is 9.86. The van der Waals surface area contributed by atoms with Gasteiger partial charge in [0.25, 0.3) is 0 Å². The summed E-state index contributed by atoms with van der Waals surface area (Å²) in [6.45, 7) is 2.03. The number of thiophene rings is 1. The van der Waals surface area contributed by atoms with Crippen LogP contribution >= 0.6 is 11.3 Å². The van der Waals surface area contributed by atoms with Crippen LogP contribution in [-0.2, 0) is 0 Å². The van der Waals surface area contributed by atoms with Gasteiger partial charge in [-0.15, -0.1) is 0 Å². The predicted molar refractivity (Wildman–Crippen MR) is 60.8 cm³/mol. The highest BCUT2D eigenvalue weighted by Gasteiger charge is 2.06. The van der Waals surface area contributed by atoms with Gasteiger partial charge in [-0.3, -0.25) is 9.78 Å². The summed E-state index contributed by atoms with van der Waals surface area (Å²) in [7, 11) is 0. The van der Waals surface area contributed by atoms with Gasteiger partial charge in [-0.2, -0.15) is 11.3 Å². The van der Waals surface area contributed by atoms with Crippen LogP contribution in [-0.4, -0.2) is 10.9 Å². The molecule has 4 heteroatoms. The van der Waals surface area contributed by atoms with E-state index in [-0.39, 0.29) is 0 Å². The molecule has 0 spiro atoms. The number of nitrogens with zero attached hydrogens (tertiary/aromatic N) is 1. The van der Waals surface area contributed by atoms with Crippen LogP contribution in [0.25, 0.3) is 11.1 Å². The fourth-order valence-electron chi connectivity index (χ4n) is 1.38. The molecular weight excluding hydrogens is 208 g/mol. The number of nitrogens with two attached hydrogens (primary N) is 1. The minimum atomic E-state index is -0.447. The summed E-state index contributed by atoms with van der Waals surface area (Å²) in [5, 5.41) is 4.10. The van der Waals surface area contributed by atoms with E-state index in [0.29, 0.717) is 5.56 Å². The third-order valence-electron chi connectivity index (χ3n) is 2.19. The first-order chi connectivity index (χ1) is 7.18. The maximum Gasteiger partial charge on any atom is 0.250 e. The van der Waals surface area contributed by atoms with Gasteiger partial charge in [0.1, 0.15) is 0 Å². The second kappa shape index (κ2) is 3.82. The van der Waals surface area contributed by atoms with Crippen LogP contribution in [0.2, 0.25) is 0 Å². The number of hydrogen-bond donors (Lipinski definition) is 1. The Hall–Kier alpha value is -1.68. The summed E-state index contributed by atoms with van der Waals surface area (Å²) in [6, 6.07) is 1.77. The molecule has 1 amide bonds. The van der Waals surface area contributed by atoms with Crippen molar-refractivity contribution in [2.24, 2.45) is 5.73 Å². The highest BCUT2D eigenvalue weighted by molar-refractivity contribution is 7.08. The molecule has 15 heavy (non-hydrogen) atoms. The maximum absolute atomic E-state index is 11.0. The highest BCUT2D eigenvalue weighted by atomic mass is 32.1. The summed E-state index contributed by atoms with van der Waals surface area (Å²) in [5.74, 6) is -0.447. The molecule has 3 nitrogen and oxygen atoms in total. The van der Waals surface area contributed by atoms with E-state index in [9.17, 15) is 4.79 Å². The lowest BCUT2D eigenvalue weighted by Gasteiger charge is -2.01. The number of pyridine rings is 1. The Morgan fingerprint density at radius 2 is 2.20 bits per heavy atom. The fraction of sp³-hybridized carbons (Fsp3) is 0.0909. The first-order valence-electron chi connectivity index (χ1n) is 4.46. The zero-order valence-electron chi connectivity index (χ0n) is 8.23. The lowest BCUT2D eigenvalue weighted by Crippen LogP contribution is -2.11. The second-order valence-corrected chi connectivity index (χ2v) is 4.04. The van der Waals surface area contributed by atoms with E-state index < -0.39 is 5.91 Å². The molecule has 0 bridgehead atoms. The summed E-state index contributed by atoms with van der Waals surface area (Å²) < 4.78 is 0. The van der Waals surface area contributed by atoms with Crippen LogP contribution in [0.15, 0.2) is 29.2 Å². The molecule has 2 aromatic heterocycles. The largest absolute Gasteiger partial charge is 0.366 e. The Balaban J connectivity index is 2.50. The third-order valence-corrected chi connectivity index (χ3v) is 3.05. The van der Waals surface area contributed by atoms with Crippen molar-refractivity contribution < 1.29 is 4.79 Å². The number of aromatic nitrogens is 1. The lowest BCUT2D eigenvalue weighted by atomic mass is 10.1. The first-order valence-corrected chi connectivity index (χ1v) is 5.41. The smallest absolute Gasteiger partial charge is 0.250 e. The molecule has 2 aromatic rings. The predicted octanol–water partition coefficient (Wildman–Crippen LogP) is 2.22. The standard InChI is InChI=1S/C11H10N2OS/c1-7-5-15-6-10(7)8-2-9(11(12)14)4-13-3-8/h2-6H,1H3,(H2,12,14). The Kier molecular flexibility index (Phi) is 2.51. The minimum absolute atomic E-state index is 0.443. The Morgan fingerprint density at radius 3 is 2.80 bits per heavy atom. The molecule has 0 aliphatic carbocycles. The quantitative estimate of drug-likeness (QED) is 0.840.